The van der Waals surface area contributed by atoms with Gasteiger partial charge in [0, 0.05) is 0 Å². The fourth-order valence-corrected chi connectivity index (χ4v) is 0.378. The molecule has 8 heavy (non-hydrogen) atoms. The van der Waals surface area contributed by atoms with E-state index in [1.165, 1.54) is 17.2 Å². The van der Waals surface area contributed by atoms with Gasteiger partial charge in [-0.25, -0.2) is 0 Å². The second-order valence-corrected chi connectivity index (χ2v) is 1.28. The Labute approximate surface area is 46.1 Å². The molecule has 0 saturated carbocycles. The standard InChI is InChI=1S/C4H4N3O/c8-2-1-7-3-5-6-4-7/h3-4H,1H2. The molecule has 0 aliphatic carbocycles. The lowest BCUT2D eigenvalue weighted by Crippen LogP contribution is -1.93. The Bertz CT molecular complexity index is 158. The van der Waals surface area contributed by atoms with E-state index < -0.39 is 0 Å². The first-order valence-corrected chi connectivity index (χ1v) is 2.11. The predicted octanol–water partition coefficient (Wildman–Crippen LogP) is -0.612. The number of carbonyl (C=O) groups excluding carboxylic acids is 1. The molecule has 0 aliphatic rings. The average molecular weight is 110 g/mol. The molecule has 4 heteroatoms. The third kappa shape index (κ3) is 0.900. The van der Waals surface area contributed by atoms with Crippen molar-refractivity contribution in [1.82, 2.24) is 14.8 Å². The van der Waals surface area contributed by atoms with Crippen molar-refractivity contribution in [3.63, 3.8) is 0 Å². The van der Waals surface area contributed by atoms with E-state index in [1.54, 1.807) is 6.29 Å². The topological polar surface area (TPSA) is 47.8 Å². The van der Waals surface area contributed by atoms with E-state index in [0.717, 1.165) is 0 Å². The molecule has 41 valence electrons. The van der Waals surface area contributed by atoms with Crippen molar-refractivity contribution in [3.8, 4) is 0 Å². The van der Waals surface area contributed by atoms with Gasteiger partial charge >= 0.3 is 0 Å². The number of hydrogen-bond donors (Lipinski definition) is 0. The molecule has 0 aromatic carbocycles. The smallest absolute Gasteiger partial charge is 0.219 e. The summed E-state index contributed by atoms with van der Waals surface area (Å²) >= 11 is 0. The minimum absolute atomic E-state index is 0.215. The van der Waals surface area contributed by atoms with Crippen molar-refractivity contribution in [2.45, 2.75) is 6.54 Å². The summed E-state index contributed by atoms with van der Waals surface area (Å²) in [5.74, 6) is 0. The Morgan fingerprint density at radius 2 is 2.12 bits per heavy atom. The van der Waals surface area contributed by atoms with Gasteiger partial charge in [0.15, 0.2) is 0 Å². The highest BCUT2D eigenvalue weighted by atomic mass is 16.1. The summed E-state index contributed by atoms with van der Waals surface area (Å²) < 4.78 is 1.53. The molecule has 0 N–H and O–H groups in total. The molecule has 0 aliphatic heterocycles. The zero-order chi connectivity index (χ0) is 5.82. The zero-order valence-corrected chi connectivity index (χ0v) is 4.11. The van der Waals surface area contributed by atoms with Gasteiger partial charge in [0.05, 0.1) is 6.54 Å². The first-order valence-electron chi connectivity index (χ1n) is 2.11. The summed E-state index contributed by atoms with van der Waals surface area (Å²) in [4.78, 5) is 9.67. The Balaban J connectivity index is 2.62. The highest BCUT2D eigenvalue weighted by Crippen LogP contribution is 1.75. The van der Waals surface area contributed by atoms with Crippen LogP contribution in [-0.2, 0) is 11.3 Å². The lowest BCUT2D eigenvalue weighted by atomic mass is 10.7. The summed E-state index contributed by atoms with van der Waals surface area (Å²) in [5, 5.41) is 6.95. The highest BCUT2D eigenvalue weighted by molar-refractivity contribution is 5.49. The van der Waals surface area contributed by atoms with Crippen LogP contribution in [0.5, 0.6) is 0 Å². The Kier molecular flexibility index (Phi) is 1.37. The average Bonchev–Trinajstić information content (AvgIpc) is 2.19. The summed E-state index contributed by atoms with van der Waals surface area (Å²) in [7, 11) is 0. The lowest BCUT2D eigenvalue weighted by molar-refractivity contribution is 0.545. The Morgan fingerprint density at radius 3 is 2.62 bits per heavy atom. The van der Waals surface area contributed by atoms with Crippen molar-refractivity contribution in [2.75, 3.05) is 0 Å². The van der Waals surface area contributed by atoms with Crippen molar-refractivity contribution >= 4 is 6.29 Å². The van der Waals surface area contributed by atoms with Crippen molar-refractivity contribution in [1.29, 1.82) is 0 Å². The lowest BCUT2D eigenvalue weighted by Gasteiger charge is -1.84. The maximum absolute atomic E-state index is 9.67. The molecule has 0 bridgehead atoms. The van der Waals surface area contributed by atoms with E-state index in [4.69, 9.17) is 0 Å². The van der Waals surface area contributed by atoms with Crippen LogP contribution < -0.4 is 0 Å². The van der Waals surface area contributed by atoms with E-state index >= 15 is 0 Å². The second kappa shape index (κ2) is 2.20. The number of rotatable bonds is 2. The van der Waals surface area contributed by atoms with Gasteiger partial charge in [-0.2, -0.15) is 0 Å². The van der Waals surface area contributed by atoms with Gasteiger partial charge in [-0.1, -0.05) is 0 Å². The van der Waals surface area contributed by atoms with E-state index in [9.17, 15) is 4.79 Å². The molecule has 0 saturated heterocycles. The van der Waals surface area contributed by atoms with Crippen LogP contribution in [0.15, 0.2) is 12.7 Å². The normalized spacial score (nSPS) is 9.00. The maximum Gasteiger partial charge on any atom is 0.219 e. The van der Waals surface area contributed by atoms with Crippen LogP contribution in [0.25, 0.3) is 0 Å². The van der Waals surface area contributed by atoms with Crippen LogP contribution in [-0.4, -0.2) is 21.1 Å². The second-order valence-electron chi connectivity index (χ2n) is 1.28. The summed E-state index contributed by atoms with van der Waals surface area (Å²) in [5.41, 5.74) is 0. The first-order chi connectivity index (χ1) is 3.93. The van der Waals surface area contributed by atoms with Gasteiger partial charge in [-0.3, -0.25) is 4.79 Å². The van der Waals surface area contributed by atoms with Gasteiger partial charge in [0.1, 0.15) is 12.7 Å². The fraction of sp³-hybridized carbons (Fsp3) is 0.250. The molecule has 1 radical (unpaired) electrons. The third-order valence-electron chi connectivity index (χ3n) is 0.714. The van der Waals surface area contributed by atoms with Gasteiger partial charge < -0.3 is 4.57 Å². The van der Waals surface area contributed by atoms with Crippen molar-refractivity contribution in [2.24, 2.45) is 0 Å². The molecule has 0 fully saturated rings. The van der Waals surface area contributed by atoms with Crippen LogP contribution in [0.2, 0.25) is 0 Å². The molecule has 1 heterocycles. The predicted molar refractivity (Wildman–Crippen MR) is 25.7 cm³/mol. The van der Waals surface area contributed by atoms with Crippen LogP contribution in [0, 0.1) is 0 Å². The van der Waals surface area contributed by atoms with E-state index in [0.29, 0.717) is 0 Å². The van der Waals surface area contributed by atoms with Gasteiger partial charge in [-0.05, 0) is 0 Å². The monoisotopic (exact) mass is 110 g/mol. The molecule has 0 amide bonds. The minimum atomic E-state index is 0.215. The van der Waals surface area contributed by atoms with Crippen LogP contribution in [0.4, 0.5) is 0 Å². The Hall–Kier alpha value is -1.19. The number of nitrogens with zero attached hydrogens (tertiary/aromatic N) is 3. The largest absolute Gasteiger partial charge is 0.312 e. The molecular weight excluding hydrogens is 106 g/mol. The minimum Gasteiger partial charge on any atom is -0.312 e. The summed E-state index contributed by atoms with van der Waals surface area (Å²) in [6.07, 6.45) is 4.63. The molecular formula is C4H4N3O. The van der Waals surface area contributed by atoms with Gasteiger partial charge in [0.2, 0.25) is 6.29 Å². The SMILES string of the molecule is O=[C]Cn1cnnc1. The zero-order valence-electron chi connectivity index (χ0n) is 4.11. The van der Waals surface area contributed by atoms with Crippen LogP contribution in [0.1, 0.15) is 0 Å². The number of hydrogen-bond acceptors (Lipinski definition) is 3. The highest BCUT2D eigenvalue weighted by Gasteiger charge is 1.84. The van der Waals surface area contributed by atoms with Gasteiger partial charge in [-0.15, -0.1) is 10.2 Å². The van der Waals surface area contributed by atoms with E-state index in [-0.39, 0.29) is 6.54 Å². The quantitative estimate of drug-likeness (QED) is 0.510. The molecule has 0 spiro atoms. The van der Waals surface area contributed by atoms with Crippen molar-refractivity contribution < 1.29 is 4.79 Å². The number of aromatic nitrogens is 3. The molecule has 0 atom stereocenters. The third-order valence-corrected chi connectivity index (χ3v) is 0.714. The van der Waals surface area contributed by atoms with E-state index in [1.807, 2.05) is 0 Å². The maximum atomic E-state index is 9.67. The van der Waals surface area contributed by atoms with Gasteiger partial charge in [0.25, 0.3) is 0 Å². The van der Waals surface area contributed by atoms with Crippen LogP contribution in [0.3, 0.4) is 0 Å². The first kappa shape index (κ1) is 4.96. The molecule has 0 unspecified atom stereocenters. The molecule has 1 rings (SSSR count). The molecule has 1 aromatic rings. The molecule has 1 aromatic heterocycles. The summed E-state index contributed by atoms with van der Waals surface area (Å²) in [6, 6.07) is 0. The van der Waals surface area contributed by atoms with Crippen LogP contribution >= 0.6 is 0 Å². The summed E-state index contributed by atoms with van der Waals surface area (Å²) in [6.45, 7) is 0.215. The fourth-order valence-electron chi connectivity index (χ4n) is 0.378. The Morgan fingerprint density at radius 1 is 1.50 bits per heavy atom. The van der Waals surface area contributed by atoms with Crippen molar-refractivity contribution in [3.05, 3.63) is 12.7 Å². The van der Waals surface area contributed by atoms with E-state index in [2.05, 4.69) is 10.2 Å². The molecule has 4 nitrogen and oxygen atoms in total.